The Hall–Kier alpha value is -3.35. The SMILES string of the molecule is O=C(O)COc1cccc(C(=O)N2CCNC(=O)CC2c2ccccc2)c1. The van der Waals surface area contributed by atoms with E-state index in [2.05, 4.69) is 5.32 Å². The third-order valence-electron chi connectivity index (χ3n) is 4.32. The summed E-state index contributed by atoms with van der Waals surface area (Å²) in [6, 6.07) is 15.5. The Morgan fingerprint density at radius 1 is 1.15 bits per heavy atom. The Kier molecular flexibility index (Phi) is 5.71. The van der Waals surface area contributed by atoms with Gasteiger partial charge < -0.3 is 20.1 Å². The number of hydrogen-bond acceptors (Lipinski definition) is 4. The van der Waals surface area contributed by atoms with Gasteiger partial charge in [-0.3, -0.25) is 9.59 Å². The zero-order valence-electron chi connectivity index (χ0n) is 14.6. The summed E-state index contributed by atoms with van der Waals surface area (Å²) < 4.78 is 5.16. The van der Waals surface area contributed by atoms with E-state index >= 15 is 0 Å². The topological polar surface area (TPSA) is 95.9 Å². The van der Waals surface area contributed by atoms with Gasteiger partial charge in [0.05, 0.1) is 12.5 Å². The number of carboxylic acid groups (broad SMARTS) is 1. The Morgan fingerprint density at radius 3 is 2.67 bits per heavy atom. The molecule has 0 aromatic heterocycles. The smallest absolute Gasteiger partial charge is 0.341 e. The Bertz CT molecular complexity index is 837. The number of amides is 2. The van der Waals surface area contributed by atoms with Gasteiger partial charge in [-0.15, -0.1) is 0 Å². The van der Waals surface area contributed by atoms with Gasteiger partial charge in [-0.25, -0.2) is 4.79 Å². The van der Waals surface area contributed by atoms with Crippen LogP contribution in [0.3, 0.4) is 0 Å². The van der Waals surface area contributed by atoms with E-state index in [0.717, 1.165) is 5.56 Å². The first-order valence-electron chi connectivity index (χ1n) is 8.62. The average molecular weight is 368 g/mol. The third kappa shape index (κ3) is 4.63. The number of carbonyl (C=O) groups is 3. The monoisotopic (exact) mass is 368 g/mol. The molecule has 0 bridgehead atoms. The number of rotatable bonds is 5. The number of aliphatic carboxylic acids is 1. The summed E-state index contributed by atoms with van der Waals surface area (Å²) >= 11 is 0. The quantitative estimate of drug-likeness (QED) is 0.840. The molecular formula is C20H20N2O5. The van der Waals surface area contributed by atoms with Gasteiger partial charge in [-0.1, -0.05) is 36.4 Å². The third-order valence-corrected chi connectivity index (χ3v) is 4.32. The highest BCUT2D eigenvalue weighted by Gasteiger charge is 2.30. The maximum absolute atomic E-state index is 13.1. The second kappa shape index (κ2) is 8.35. The van der Waals surface area contributed by atoms with Crippen LogP contribution in [0.15, 0.2) is 54.6 Å². The van der Waals surface area contributed by atoms with Crippen LogP contribution in [-0.4, -0.2) is 47.5 Å². The molecule has 0 radical (unpaired) electrons. The van der Waals surface area contributed by atoms with Gasteiger partial charge in [0.1, 0.15) is 5.75 Å². The Morgan fingerprint density at radius 2 is 1.93 bits per heavy atom. The lowest BCUT2D eigenvalue weighted by molar-refractivity contribution is -0.139. The van der Waals surface area contributed by atoms with Gasteiger partial charge in [0.15, 0.2) is 6.61 Å². The van der Waals surface area contributed by atoms with Crippen molar-refractivity contribution in [2.45, 2.75) is 12.5 Å². The molecule has 1 fully saturated rings. The first-order chi connectivity index (χ1) is 13.0. The second-order valence-corrected chi connectivity index (χ2v) is 6.19. The van der Waals surface area contributed by atoms with Crippen molar-refractivity contribution in [2.24, 2.45) is 0 Å². The molecule has 27 heavy (non-hydrogen) atoms. The van der Waals surface area contributed by atoms with E-state index in [4.69, 9.17) is 9.84 Å². The maximum atomic E-state index is 13.1. The molecule has 3 rings (SSSR count). The van der Waals surface area contributed by atoms with E-state index in [1.54, 1.807) is 23.1 Å². The molecule has 1 aliphatic heterocycles. The minimum absolute atomic E-state index is 0.0994. The molecule has 1 saturated heterocycles. The molecule has 0 aliphatic carbocycles. The summed E-state index contributed by atoms with van der Waals surface area (Å²) in [7, 11) is 0. The molecule has 1 unspecified atom stereocenters. The summed E-state index contributed by atoms with van der Waals surface area (Å²) in [6.45, 7) is 0.278. The molecule has 7 nitrogen and oxygen atoms in total. The lowest BCUT2D eigenvalue weighted by Gasteiger charge is -2.29. The zero-order valence-corrected chi connectivity index (χ0v) is 14.6. The minimum atomic E-state index is -1.09. The van der Waals surface area contributed by atoms with Gasteiger partial charge in [-0.2, -0.15) is 0 Å². The van der Waals surface area contributed by atoms with Crippen LogP contribution in [0.25, 0.3) is 0 Å². The van der Waals surface area contributed by atoms with E-state index in [1.165, 1.54) is 6.07 Å². The van der Waals surface area contributed by atoms with Crippen LogP contribution in [0, 0.1) is 0 Å². The number of ether oxygens (including phenoxy) is 1. The summed E-state index contributed by atoms with van der Waals surface area (Å²) in [5, 5.41) is 11.5. The van der Waals surface area contributed by atoms with Crippen molar-refractivity contribution in [2.75, 3.05) is 19.7 Å². The lowest BCUT2D eigenvalue weighted by Crippen LogP contribution is -2.36. The molecule has 140 valence electrons. The number of hydrogen-bond donors (Lipinski definition) is 2. The average Bonchev–Trinajstić information content (AvgIpc) is 2.88. The normalized spacial score (nSPS) is 17.0. The van der Waals surface area contributed by atoms with E-state index in [-0.39, 0.29) is 24.3 Å². The number of carbonyl (C=O) groups excluding carboxylic acids is 2. The first kappa shape index (κ1) is 18.4. The number of benzene rings is 2. The molecule has 1 heterocycles. The molecule has 2 amide bonds. The molecule has 2 aromatic rings. The van der Waals surface area contributed by atoms with Gasteiger partial charge in [0, 0.05) is 18.7 Å². The van der Waals surface area contributed by atoms with Crippen molar-refractivity contribution in [1.29, 1.82) is 0 Å². The molecule has 0 spiro atoms. The summed E-state index contributed by atoms with van der Waals surface area (Å²) in [4.78, 5) is 37.5. The molecule has 1 atom stereocenters. The fourth-order valence-electron chi connectivity index (χ4n) is 3.08. The number of carboxylic acids is 1. The first-order valence-corrected chi connectivity index (χ1v) is 8.62. The number of nitrogens with zero attached hydrogens (tertiary/aromatic N) is 1. The van der Waals surface area contributed by atoms with Crippen molar-refractivity contribution in [3.63, 3.8) is 0 Å². The highest BCUT2D eigenvalue weighted by Crippen LogP contribution is 2.28. The van der Waals surface area contributed by atoms with Crippen LogP contribution >= 0.6 is 0 Å². The van der Waals surface area contributed by atoms with Crippen LogP contribution in [0.2, 0.25) is 0 Å². The minimum Gasteiger partial charge on any atom is -0.482 e. The predicted molar refractivity (Wildman–Crippen MR) is 97.4 cm³/mol. The van der Waals surface area contributed by atoms with Crippen LogP contribution in [0.4, 0.5) is 0 Å². The van der Waals surface area contributed by atoms with Crippen molar-refractivity contribution in [3.05, 3.63) is 65.7 Å². The lowest BCUT2D eigenvalue weighted by atomic mass is 10.0. The van der Waals surface area contributed by atoms with Gasteiger partial charge in [0.2, 0.25) is 5.91 Å². The van der Waals surface area contributed by atoms with Crippen molar-refractivity contribution < 1.29 is 24.2 Å². The van der Waals surface area contributed by atoms with Crippen molar-refractivity contribution in [1.82, 2.24) is 10.2 Å². The summed E-state index contributed by atoms with van der Waals surface area (Å²) in [5.41, 5.74) is 1.27. The highest BCUT2D eigenvalue weighted by molar-refractivity contribution is 5.95. The molecule has 7 heteroatoms. The van der Waals surface area contributed by atoms with E-state index < -0.39 is 12.6 Å². The van der Waals surface area contributed by atoms with Crippen LogP contribution in [0.5, 0.6) is 5.75 Å². The fourth-order valence-corrected chi connectivity index (χ4v) is 3.08. The van der Waals surface area contributed by atoms with Gasteiger partial charge >= 0.3 is 5.97 Å². The van der Waals surface area contributed by atoms with Crippen molar-refractivity contribution >= 4 is 17.8 Å². The Balaban J connectivity index is 1.87. The largest absolute Gasteiger partial charge is 0.482 e. The van der Waals surface area contributed by atoms with Gasteiger partial charge in [-0.05, 0) is 23.8 Å². The van der Waals surface area contributed by atoms with E-state index in [9.17, 15) is 14.4 Å². The second-order valence-electron chi connectivity index (χ2n) is 6.19. The zero-order chi connectivity index (χ0) is 19.2. The van der Waals surface area contributed by atoms with Crippen LogP contribution < -0.4 is 10.1 Å². The Labute approximate surface area is 156 Å². The number of nitrogens with one attached hydrogen (secondary N) is 1. The highest BCUT2D eigenvalue weighted by atomic mass is 16.5. The van der Waals surface area contributed by atoms with E-state index in [0.29, 0.717) is 24.4 Å². The van der Waals surface area contributed by atoms with E-state index in [1.807, 2.05) is 30.3 Å². The van der Waals surface area contributed by atoms with Crippen molar-refractivity contribution in [3.8, 4) is 5.75 Å². The summed E-state index contributed by atoms with van der Waals surface area (Å²) in [6.07, 6.45) is 0.185. The summed E-state index contributed by atoms with van der Waals surface area (Å²) in [5.74, 6) is -1.12. The molecule has 0 saturated carbocycles. The maximum Gasteiger partial charge on any atom is 0.341 e. The molecular weight excluding hydrogens is 348 g/mol. The van der Waals surface area contributed by atoms with Gasteiger partial charge in [0.25, 0.3) is 5.91 Å². The molecule has 2 aromatic carbocycles. The van der Waals surface area contributed by atoms with Crippen LogP contribution in [0.1, 0.15) is 28.4 Å². The predicted octanol–water partition coefficient (Wildman–Crippen LogP) is 1.85. The molecule has 1 aliphatic rings. The standard InChI is InChI=1S/C20H20N2O5/c23-18-12-17(14-5-2-1-3-6-14)22(10-9-21-18)20(26)15-7-4-8-16(11-15)27-13-19(24)25/h1-8,11,17H,9-10,12-13H2,(H,21,23)(H,24,25). The fraction of sp³-hybridized carbons (Fsp3) is 0.250. The van der Waals surface area contributed by atoms with Crippen LogP contribution in [-0.2, 0) is 9.59 Å². The molecule has 2 N–H and O–H groups in total.